The van der Waals surface area contributed by atoms with Crippen LogP contribution < -0.4 is 10.2 Å². The first-order chi connectivity index (χ1) is 11.1. The highest BCUT2D eigenvalue weighted by Gasteiger charge is 2.22. The number of nitrogens with one attached hydrogen (secondary N) is 2. The third-order valence-electron chi connectivity index (χ3n) is 4.18. The number of likely N-dealkylation sites (N-methyl/N-ethyl adjacent to an activating group) is 1. The number of hydrogen-bond donors (Lipinski definition) is 2. The Bertz CT molecular complexity index is 798. The second kappa shape index (κ2) is 6.94. The normalized spacial score (nSPS) is 13.7. The third kappa shape index (κ3) is 3.78. The van der Waals surface area contributed by atoms with Crippen LogP contribution in [-0.2, 0) is 11.3 Å². The quantitative estimate of drug-likeness (QED) is 0.743. The second-order valence-electron chi connectivity index (χ2n) is 5.88. The summed E-state index contributed by atoms with van der Waals surface area (Å²) in [6.07, 6.45) is 0. The molecule has 0 aliphatic rings. The molecule has 0 bridgehead atoms. The van der Waals surface area contributed by atoms with Crippen LogP contribution in [0, 0.1) is 0 Å². The van der Waals surface area contributed by atoms with E-state index >= 15 is 0 Å². The molecule has 1 aromatic heterocycles. The van der Waals surface area contributed by atoms with Crippen molar-refractivity contribution in [3.63, 3.8) is 0 Å². The van der Waals surface area contributed by atoms with E-state index in [0.29, 0.717) is 0 Å². The van der Waals surface area contributed by atoms with Crippen molar-refractivity contribution in [2.45, 2.75) is 19.5 Å². The second-order valence-corrected chi connectivity index (χ2v) is 6.91. The average molecular weight is 325 g/mol. The van der Waals surface area contributed by atoms with Gasteiger partial charge in [0, 0.05) is 5.69 Å². The maximum absolute atomic E-state index is 12.5. The summed E-state index contributed by atoms with van der Waals surface area (Å²) in [6.45, 7) is 2.84. The molecule has 0 spiro atoms. The van der Waals surface area contributed by atoms with Crippen molar-refractivity contribution in [3.05, 3.63) is 64.9 Å². The highest BCUT2D eigenvalue weighted by molar-refractivity contribution is 7.09. The predicted molar refractivity (Wildman–Crippen MR) is 96.9 cm³/mol. The summed E-state index contributed by atoms with van der Waals surface area (Å²) in [5.41, 5.74) is 0.851. The van der Waals surface area contributed by atoms with Crippen LogP contribution in [0.5, 0.6) is 0 Å². The lowest BCUT2D eigenvalue weighted by molar-refractivity contribution is -0.907. The molecule has 0 aliphatic heterocycles. The topological polar surface area (TPSA) is 33.5 Å². The molecule has 2 aromatic carbocycles. The van der Waals surface area contributed by atoms with Crippen LogP contribution in [0.2, 0.25) is 0 Å². The summed E-state index contributed by atoms with van der Waals surface area (Å²) >= 11 is 1.73. The third-order valence-corrected chi connectivity index (χ3v) is 5.06. The molecule has 0 aliphatic carbocycles. The smallest absolute Gasteiger partial charge is 0.282 e. The molecule has 3 nitrogen and oxygen atoms in total. The first-order valence-corrected chi connectivity index (χ1v) is 8.66. The van der Waals surface area contributed by atoms with E-state index in [4.69, 9.17) is 0 Å². The van der Waals surface area contributed by atoms with Gasteiger partial charge in [-0.05, 0) is 41.3 Å². The zero-order valence-corrected chi connectivity index (χ0v) is 14.2. The minimum absolute atomic E-state index is 0.0503. The van der Waals surface area contributed by atoms with E-state index < -0.39 is 0 Å². The Morgan fingerprint density at radius 1 is 1.13 bits per heavy atom. The lowest BCUT2D eigenvalue weighted by atomic mass is 10.1. The van der Waals surface area contributed by atoms with Crippen molar-refractivity contribution in [3.8, 4) is 0 Å². The molecule has 0 saturated heterocycles. The summed E-state index contributed by atoms with van der Waals surface area (Å²) in [4.78, 5) is 15.0. The maximum Gasteiger partial charge on any atom is 0.282 e. The van der Waals surface area contributed by atoms with Gasteiger partial charge in [0.1, 0.15) is 6.54 Å². The number of carbonyl (C=O) groups is 1. The number of quaternary nitrogens is 1. The molecule has 4 heteroatoms. The fourth-order valence-corrected chi connectivity index (χ4v) is 3.38. The summed E-state index contributed by atoms with van der Waals surface area (Å²) in [5.74, 6) is 0.0503. The number of amides is 1. The lowest BCUT2D eigenvalue weighted by Crippen LogP contribution is -3.12. The highest BCUT2D eigenvalue weighted by atomic mass is 32.1. The number of fused-ring (bicyclic) bond motifs is 1. The first kappa shape index (κ1) is 15.7. The molecule has 0 fully saturated rings. The maximum atomic E-state index is 12.5. The van der Waals surface area contributed by atoms with Crippen molar-refractivity contribution in [2.24, 2.45) is 0 Å². The van der Waals surface area contributed by atoms with E-state index in [2.05, 4.69) is 35.9 Å². The van der Waals surface area contributed by atoms with Crippen molar-refractivity contribution >= 4 is 33.7 Å². The fraction of sp³-hybridized carbons (Fsp3) is 0.211. The summed E-state index contributed by atoms with van der Waals surface area (Å²) in [7, 11) is 2.06. The van der Waals surface area contributed by atoms with Crippen LogP contribution in [0.1, 0.15) is 11.8 Å². The molecule has 0 saturated carbocycles. The largest absolute Gasteiger partial charge is 0.323 e. The molecular weight excluding hydrogens is 304 g/mol. The Balaban J connectivity index is 1.66. The Hall–Kier alpha value is -2.17. The number of hydrogen-bond acceptors (Lipinski definition) is 2. The van der Waals surface area contributed by atoms with E-state index in [0.717, 1.165) is 17.6 Å². The molecule has 3 rings (SSSR count). The Labute approximate surface area is 140 Å². The van der Waals surface area contributed by atoms with Crippen molar-refractivity contribution < 1.29 is 9.69 Å². The van der Waals surface area contributed by atoms with Gasteiger partial charge in [-0.3, -0.25) is 4.79 Å². The number of carbonyl (C=O) groups excluding carboxylic acids is 1. The molecule has 23 heavy (non-hydrogen) atoms. The van der Waals surface area contributed by atoms with Crippen LogP contribution in [0.25, 0.3) is 10.8 Å². The van der Waals surface area contributed by atoms with Gasteiger partial charge >= 0.3 is 0 Å². The average Bonchev–Trinajstić information content (AvgIpc) is 3.07. The number of thiophene rings is 1. The minimum atomic E-state index is -0.108. The van der Waals surface area contributed by atoms with Crippen molar-refractivity contribution in [2.75, 3.05) is 12.4 Å². The predicted octanol–water partition coefficient (Wildman–Crippen LogP) is 2.94. The molecule has 3 aromatic rings. The standard InChI is InChI=1S/C19H20N2OS/c1-14(21(2)13-18-8-5-11-23-18)19(22)20-17-10-9-15-6-3-4-7-16(15)12-17/h3-12,14H,13H2,1-2H3,(H,20,22)/p+1/t14-/m0/s1. The molecular formula is C19H21N2OS+. The Kier molecular flexibility index (Phi) is 4.74. The molecule has 2 N–H and O–H groups in total. The molecule has 0 radical (unpaired) electrons. The van der Waals surface area contributed by atoms with E-state index in [1.807, 2.05) is 43.3 Å². The molecule has 1 heterocycles. The highest BCUT2D eigenvalue weighted by Crippen LogP contribution is 2.18. The zero-order chi connectivity index (χ0) is 16.2. The van der Waals surface area contributed by atoms with Gasteiger partial charge in [-0.25, -0.2) is 0 Å². The van der Waals surface area contributed by atoms with Crippen molar-refractivity contribution in [1.29, 1.82) is 0 Å². The Morgan fingerprint density at radius 3 is 2.65 bits per heavy atom. The van der Waals surface area contributed by atoms with Crippen LogP contribution >= 0.6 is 11.3 Å². The minimum Gasteiger partial charge on any atom is -0.323 e. The molecule has 2 atom stereocenters. The van der Waals surface area contributed by atoms with E-state index in [1.54, 1.807) is 11.3 Å². The zero-order valence-electron chi connectivity index (χ0n) is 13.4. The van der Waals surface area contributed by atoms with Crippen LogP contribution in [-0.4, -0.2) is 19.0 Å². The summed E-state index contributed by atoms with van der Waals surface area (Å²) in [6, 6.07) is 18.2. The van der Waals surface area contributed by atoms with Crippen LogP contribution in [0.4, 0.5) is 5.69 Å². The van der Waals surface area contributed by atoms with Gasteiger partial charge in [-0.2, -0.15) is 0 Å². The fourth-order valence-electron chi connectivity index (χ4n) is 2.58. The van der Waals surface area contributed by atoms with E-state index in [-0.39, 0.29) is 11.9 Å². The van der Waals surface area contributed by atoms with Gasteiger partial charge in [0.05, 0.1) is 11.9 Å². The summed E-state index contributed by atoms with van der Waals surface area (Å²) < 4.78 is 0. The van der Waals surface area contributed by atoms with Crippen LogP contribution in [0.3, 0.4) is 0 Å². The Morgan fingerprint density at radius 2 is 1.91 bits per heavy atom. The van der Waals surface area contributed by atoms with Crippen LogP contribution in [0.15, 0.2) is 60.0 Å². The summed E-state index contributed by atoms with van der Waals surface area (Å²) in [5, 5.41) is 7.43. The SMILES string of the molecule is C[C@@H](C(=O)Nc1ccc2ccccc2c1)[NH+](C)Cc1cccs1. The molecule has 1 amide bonds. The van der Waals surface area contributed by atoms with Gasteiger partial charge in [0.2, 0.25) is 0 Å². The van der Waals surface area contributed by atoms with Gasteiger partial charge in [0.25, 0.3) is 5.91 Å². The number of anilines is 1. The molecule has 118 valence electrons. The number of rotatable bonds is 5. The monoisotopic (exact) mass is 325 g/mol. The van der Waals surface area contributed by atoms with E-state index in [9.17, 15) is 4.79 Å². The molecule has 1 unspecified atom stereocenters. The van der Waals surface area contributed by atoms with Crippen molar-refractivity contribution in [1.82, 2.24) is 0 Å². The first-order valence-electron chi connectivity index (χ1n) is 7.78. The van der Waals surface area contributed by atoms with Gasteiger partial charge < -0.3 is 10.2 Å². The lowest BCUT2D eigenvalue weighted by Gasteiger charge is -2.20. The van der Waals surface area contributed by atoms with Gasteiger partial charge in [0.15, 0.2) is 6.04 Å². The van der Waals surface area contributed by atoms with E-state index in [1.165, 1.54) is 15.2 Å². The van der Waals surface area contributed by atoms with Gasteiger partial charge in [-0.15, -0.1) is 11.3 Å². The number of benzene rings is 2. The van der Waals surface area contributed by atoms with Gasteiger partial charge in [-0.1, -0.05) is 36.4 Å².